The highest BCUT2D eigenvalue weighted by Gasteiger charge is 2.03. The van der Waals surface area contributed by atoms with Crippen molar-refractivity contribution < 1.29 is 4.74 Å². The van der Waals surface area contributed by atoms with Crippen LogP contribution in [-0.2, 0) is 11.2 Å². The van der Waals surface area contributed by atoms with Crippen molar-refractivity contribution in [1.29, 1.82) is 0 Å². The Bertz CT molecular complexity index is 299. The number of ether oxygens (including phenoxy) is 1. The molecule has 0 saturated carbocycles. The lowest BCUT2D eigenvalue weighted by Gasteiger charge is -2.08. The molecule has 0 saturated heterocycles. The monoisotopic (exact) mass is 239 g/mol. The molecule has 4 heteroatoms. The van der Waals surface area contributed by atoms with Crippen molar-refractivity contribution in [3.63, 3.8) is 0 Å². The Labute approximate surface area is 104 Å². The molecule has 0 aliphatic carbocycles. The van der Waals surface area contributed by atoms with E-state index in [1.165, 1.54) is 5.69 Å². The van der Waals surface area contributed by atoms with Crippen molar-refractivity contribution in [2.24, 2.45) is 0 Å². The van der Waals surface area contributed by atoms with Gasteiger partial charge in [0, 0.05) is 25.9 Å². The molecule has 0 radical (unpaired) electrons. The average Bonchev–Trinajstić information content (AvgIpc) is 2.81. The first kappa shape index (κ1) is 14.2. The van der Waals surface area contributed by atoms with Gasteiger partial charge in [0.05, 0.1) is 12.3 Å². The summed E-state index contributed by atoms with van der Waals surface area (Å²) in [5.74, 6) is 0. The van der Waals surface area contributed by atoms with E-state index >= 15 is 0 Å². The number of aromatic nitrogens is 2. The third-order valence-electron chi connectivity index (χ3n) is 2.98. The van der Waals surface area contributed by atoms with E-state index in [1.807, 2.05) is 0 Å². The van der Waals surface area contributed by atoms with Gasteiger partial charge >= 0.3 is 0 Å². The summed E-state index contributed by atoms with van der Waals surface area (Å²) >= 11 is 0. The molecule has 17 heavy (non-hydrogen) atoms. The van der Waals surface area contributed by atoms with Gasteiger partial charge in [0.1, 0.15) is 0 Å². The van der Waals surface area contributed by atoms with Gasteiger partial charge in [-0.1, -0.05) is 6.92 Å². The molecule has 1 heterocycles. The number of nitrogens with one attached hydrogen (secondary N) is 1. The fraction of sp³-hybridized carbons (Fsp3) is 0.769. The number of aryl methyl sites for hydroxylation is 1. The van der Waals surface area contributed by atoms with Crippen LogP contribution in [0.1, 0.15) is 38.4 Å². The zero-order valence-corrected chi connectivity index (χ0v) is 11.3. The van der Waals surface area contributed by atoms with Gasteiger partial charge in [-0.05, 0) is 38.8 Å². The largest absolute Gasteiger partial charge is 0.383 e. The Balaban J connectivity index is 2.16. The summed E-state index contributed by atoms with van der Waals surface area (Å²) in [7, 11) is 1.73. The molecule has 0 spiro atoms. The average molecular weight is 239 g/mol. The van der Waals surface area contributed by atoms with Crippen LogP contribution in [-0.4, -0.2) is 36.6 Å². The summed E-state index contributed by atoms with van der Waals surface area (Å²) < 4.78 is 7.03. The van der Waals surface area contributed by atoms with Crippen molar-refractivity contribution in [2.45, 2.75) is 39.2 Å². The van der Waals surface area contributed by atoms with E-state index in [0.29, 0.717) is 6.04 Å². The van der Waals surface area contributed by atoms with Gasteiger partial charge in [0.25, 0.3) is 0 Å². The second-order valence-electron chi connectivity index (χ2n) is 4.39. The summed E-state index contributed by atoms with van der Waals surface area (Å²) in [6.45, 7) is 7.12. The number of hydrogen-bond acceptors (Lipinski definition) is 3. The molecule has 0 aliphatic heterocycles. The lowest BCUT2D eigenvalue weighted by molar-refractivity contribution is 0.199. The minimum atomic E-state index is 0.503. The molecule has 0 aromatic carbocycles. The Kier molecular flexibility index (Phi) is 6.89. The molecule has 0 amide bonds. The smallest absolute Gasteiger partial charge is 0.0625 e. The summed E-state index contributed by atoms with van der Waals surface area (Å²) in [5, 5.41) is 7.92. The highest BCUT2D eigenvalue weighted by molar-refractivity contribution is 4.99. The topological polar surface area (TPSA) is 39.1 Å². The summed E-state index contributed by atoms with van der Waals surface area (Å²) in [6, 6.07) is 2.63. The molecular formula is C13H25N3O. The molecule has 0 bridgehead atoms. The van der Waals surface area contributed by atoms with Crippen molar-refractivity contribution in [2.75, 3.05) is 26.8 Å². The summed E-state index contributed by atoms with van der Waals surface area (Å²) in [5.41, 5.74) is 1.19. The predicted octanol–water partition coefficient (Wildman–Crippen LogP) is 2.02. The first-order valence-electron chi connectivity index (χ1n) is 6.51. The van der Waals surface area contributed by atoms with Crippen molar-refractivity contribution >= 4 is 0 Å². The highest BCUT2D eigenvalue weighted by Crippen LogP contribution is 2.09. The summed E-state index contributed by atoms with van der Waals surface area (Å²) in [4.78, 5) is 0. The van der Waals surface area contributed by atoms with Crippen LogP contribution in [0.4, 0.5) is 0 Å². The maximum atomic E-state index is 4.97. The minimum Gasteiger partial charge on any atom is -0.383 e. The Morgan fingerprint density at radius 2 is 2.29 bits per heavy atom. The minimum absolute atomic E-state index is 0.503. The molecule has 1 aromatic heterocycles. The molecule has 0 fully saturated rings. The first-order valence-corrected chi connectivity index (χ1v) is 6.51. The van der Waals surface area contributed by atoms with Gasteiger partial charge in [-0.25, -0.2) is 0 Å². The maximum absolute atomic E-state index is 4.97. The molecule has 1 rings (SSSR count). The Morgan fingerprint density at radius 1 is 1.47 bits per heavy atom. The second-order valence-corrected chi connectivity index (χ2v) is 4.39. The fourth-order valence-electron chi connectivity index (χ4n) is 1.64. The van der Waals surface area contributed by atoms with Crippen LogP contribution in [0.3, 0.4) is 0 Å². The van der Waals surface area contributed by atoms with E-state index in [-0.39, 0.29) is 0 Å². The van der Waals surface area contributed by atoms with Crippen molar-refractivity contribution in [3.8, 4) is 0 Å². The van der Waals surface area contributed by atoms with E-state index in [0.717, 1.165) is 39.0 Å². The van der Waals surface area contributed by atoms with Gasteiger partial charge in [-0.15, -0.1) is 0 Å². The standard InChI is InChI=1S/C13H25N3O/c1-4-12(2)16-10-7-13(15-16)6-5-8-14-9-11-17-3/h7,10,12,14H,4-6,8-9,11H2,1-3H3. The van der Waals surface area contributed by atoms with Gasteiger partial charge in [-0.2, -0.15) is 5.10 Å². The van der Waals surface area contributed by atoms with E-state index in [2.05, 4.69) is 41.2 Å². The molecule has 1 aromatic rings. The molecule has 98 valence electrons. The number of hydrogen-bond donors (Lipinski definition) is 1. The summed E-state index contributed by atoms with van der Waals surface area (Å²) in [6.07, 6.45) is 5.38. The fourth-order valence-corrected chi connectivity index (χ4v) is 1.64. The van der Waals surface area contributed by atoms with Crippen LogP contribution in [0.25, 0.3) is 0 Å². The Hall–Kier alpha value is -0.870. The van der Waals surface area contributed by atoms with E-state index in [1.54, 1.807) is 7.11 Å². The second kappa shape index (κ2) is 8.25. The molecule has 0 aliphatic rings. The predicted molar refractivity (Wildman–Crippen MR) is 70.3 cm³/mol. The highest BCUT2D eigenvalue weighted by atomic mass is 16.5. The number of methoxy groups -OCH3 is 1. The lowest BCUT2D eigenvalue weighted by atomic mass is 10.2. The van der Waals surface area contributed by atoms with Crippen LogP contribution in [0.15, 0.2) is 12.3 Å². The van der Waals surface area contributed by atoms with Crippen LogP contribution in [0.5, 0.6) is 0 Å². The van der Waals surface area contributed by atoms with E-state index in [4.69, 9.17) is 4.74 Å². The SMILES string of the molecule is CCC(C)n1ccc(CCCNCCOC)n1. The molecule has 1 unspecified atom stereocenters. The van der Waals surface area contributed by atoms with Gasteiger partial charge in [0.2, 0.25) is 0 Å². The molecular weight excluding hydrogens is 214 g/mol. The van der Waals surface area contributed by atoms with E-state index < -0.39 is 0 Å². The normalized spacial score (nSPS) is 12.9. The van der Waals surface area contributed by atoms with Crippen LogP contribution in [0, 0.1) is 0 Å². The van der Waals surface area contributed by atoms with Gasteiger partial charge in [0.15, 0.2) is 0 Å². The van der Waals surface area contributed by atoms with Crippen LogP contribution in [0.2, 0.25) is 0 Å². The van der Waals surface area contributed by atoms with Crippen molar-refractivity contribution in [3.05, 3.63) is 18.0 Å². The number of nitrogens with zero attached hydrogens (tertiary/aromatic N) is 2. The lowest BCUT2D eigenvalue weighted by Crippen LogP contribution is -2.20. The zero-order chi connectivity index (χ0) is 12.5. The Morgan fingerprint density at radius 3 is 3.00 bits per heavy atom. The van der Waals surface area contributed by atoms with Gasteiger partial charge in [-0.3, -0.25) is 4.68 Å². The molecule has 4 nitrogen and oxygen atoms in total. The van der Waals surface area contributed by atoms with Gasteiger partial charge < -0.3 is 10.1 Å². The zero-order valence-electron chi connectivity index (χ0n) is 11.3. The van der Waals surface area contributed by atoms with E-state index in [9.17, 15) is 0 Å². The quantitative estimate of drug-likeness (QED) is 0.670. The third-order valence-corrected chi connectivity index (χ3v) is 2.98. The van der Waals surface area contributed by atoms with Crippen LogP contribution >= 0.6 is 0 Å². The molecule has 1 atom stereocenters. The maximum Gasteiger partial charge on any atom is 0.0625 e. The van der Waals surface area contributed by atoms with Crippen LogP contribution < -0.4 is 5.32 Å². The first-order chi connectivity index (χ1) is 8.27. The number of rotatable bonds is 9. The van der Waals surface area contributed by atoms with Crippen molar-refractivity contribution in [1.82, 2.24) is 15.1 Å². The molecule has 1 N–H and O–H groups in total. The third kappa shape index (κ3) is 5.33.